The van der Waals surface area contributed by atoms with Crippen LogP contribution in [-0.4, -0.2) is 30.8 Å². The molecule has 0 saturated heterocycles. The smallest absolute Gasteiger partial charge is 0.0447 e. The third kappa shape index (κ3) is 3.74. The Morgan fingerprint density at radius 2 is 2.15 bits per heavy atom. The number of benzene rings is 1. The lowest BCUT2D eigenvalue weighted by atomic mass is 9.90. The summed E-state index contributed by atoms with van der Waals surface area (Å²) in [4.78, 5) is 2.52. The zero-order valence-electron chi connectivity index (χ0n) is 12.9. The van der Waals surface area contributed by atoms with E-state index in [1.165, 1.54) is 36.1 Å². The molecule has 1 aromatic rings. The highest BCUT2D eigenvalue weighted by molar-refractivity contribution is 5.56. The first-order valence-corrected chi connectivity index (χ1v) is 7.94. The van der Waals surface area contributed by atoms with E-state index in [-0.39, 0.29) is 6.61 Å². The molecule has 0 unspecified atom stereocenters. The Balaban J connectivity index is 2.20. The van der Waals surface area contributed by atoms with Crippen LogP contribution in [0.1, 0.15) is 43.7 Å². The second-order valence-corrected chi connectivity index (χ2v) is 5.77. The number of anilines is 1. The highest BCUT2D eigenvalue weighted by Crippen LogP contribution is 2.32. The molecule has 3 nitrogen and oxygen atoms in total. The van der Waals surface area contributed by atoms with Gasteiger partial charge in [0.1, 0.15) is 0 Å². The summed E-state index contributed by atoms with van der Waals surface area (Å²) in [6.45, 7) is 7.45. The van der Waals surface area contributed by atoms with Crippen LogP contribution < -0.4 is 10.2 Å². The topological polar surface area (TPSA) is 35.5 Å². The molecule has 1 saturated carbocycles. The number of aliphatic hydroxyl groups is 1. The first kappa shape index (κ1) is 15.3. The molecule has 0 aliphatic heterocycles. The molecule has 3 heteroatoms. The van der Waals surface area contributed by atoms with Gasteiger partial charge in [0, 0.05) is 31.4 Å². The first-order valence-electron chi connectivity index (χ1n) is 7.94. The van der Waals surface area contributed by atoms with Crippen LogP contribution in [0, 0.1) is 6.92 Å². The molecule has 0 radical (unpaired) electrons. The van der Waals surface area contributed by atoms with Gasteiger partial charge in [-0.3, -0.25) is 0 Å². The molecule has 1 aromatic carbocycles. The SMILES string of the molecule is CCNCc1cc(C)ccc1N(CCCO)C1CCC1. The third-order valence-corrected chi connectivity index (χ3v) is 4.18. The summed E-state index contributed by atoms with van der Waals surface area (Å²) in [6.07, 6.45) is 4.78. The molecular weight excluding hydrogens is 248 g/mol. The van der Waals surface area contributed by atoms with Crippen LogP contribution in [0.4, 0.5) is 5.69 Å². The fourth-order valence-electron chi connectivity index (χ4n) is 2.83. The lowest BCUT2D eigenvalue weighted by molar-refractivity contribution is 0.283. The van der Waals surface area contributed by atoms with Crippen molar-refractivity contribution in [2.24, 2.45) is 0 Å². The molecule has 0 spiro atoms. The van der Waals surface area contributed by atoms with Crippen molar-refractivity contribution >= 4 is 5.69 Å². The summed E-state index contributed by atoms with van der Waals surface area (Å²) < 4.78 is 0. The number of nitrogens with one attached hydrogen (secondary N) is 1. The lowest BCUT2D eigenvalue weighted by Gasteiger charge is -2.40. The van der Waals surface area contributed by atoms with Crippen molar-refractivity contribution in [2.75, 3.05) is 24.6 Å². The molecule has 0 aromatic heterocycles. The van der Waals surface area contributed by atoms with Gasteiger partial charge in [-0.05, 0) is 50.8 Å². The number of hydrogen-bond acceptors (Lipinski definition) is 3. The second-order valence-electron chi connectivity index (χ2n) is 5.77. The van der Waals surface area contributed by atoms with Gasteiger partial charge in [-0.15, -0.1) is 0 Å². The number of rotatable bonds is 8. The molecular formula is C17H28N2O. The summed E-state index contributed by atoms with van der Waals surface area (Å²) in [5, 5.41) is 12.6. The van der Waals surface area contributed by atoms with E-state index in [0.29, 0.717) is 6.04 Å². The maximum Gasteiger partial charge on any atom is 0.0447 e. The molecule has 0 bridgehead atoms. The van der Waals surface area contributed by atoms with E-state index in [1.54, 1.807) is 0 Å². The van der Waals surface area contributed by atoms with Gasteiger partial charge in [0.05, 0.1) is 0 Å². The number of hydrogen-bond donors (Lipinski definition) is 2. The summed E-state index contributed by atoms with van der Waals surface area (Å²) >= 11 is 0. The summed E-state index contributed by atoms with van der Waals surface area (Å²) in [5.41, 5.74) is 4.06. The lowest BCUT2D eigenvalue weighted by Crippen LogP contribution is -2.41. The average Bonchev–Trinajstić information content (AvgIpc) is 2.39. The molecule has 1 fully saturated rings. The van der Waals surface area contributed by atoms with Gasteiger partial charge in [0.25, 0.3) is 0 Å². The van der Waals surface area contributed by atoms with E-state index in [9.17, 15) is 0 Å². The summed E-state index contributed by atoms with van der Waals surface area (Å²) in [7, 11) is 0. The van der Waals surface area contributed by atoms with Gasteiger partial charge in [0.15, 0.2) is 0 Å². The van der Waals surface area contributed by atoms with Gasteiger partial charge < -0.3 is 15.3 Å². The molecule has 0 heterocycles. The number of aryl methyl sites for hydroxylation is 1. The van der Waals surface area contributed by atoms with Crippen LogP contribution in [0.15, 0.2) is 18.2 Å². The largest absolute Gasteiger partial charge is 0.396 e. The quantitative estimate of drug-likeness (QED) is 0.766. The monoisotopic (exact) mass is 276 g/mol. The van der Waals surface area contributed by atoms with Gasteiger partial charge in [-0.2, -0.15) is 0 Å². The molecule has 0 atom stereocenters. The minimum absolute atomic E-state index is 0.275. The average molecular weight is 276 g/mol. The second kappa shape index (κ2) is 7.65. The van der Waals surface area contributed by atoms with Gasteiger partial charge in [-0.25, -0.2) is 0 Å². The standard InChI is InChI=1S/C17H28N2O/c1-3-18-13-15-12-14(2)8-9-17(15)19(10-5-11-20)16-6-4-7-16/h8-9,12,16,18,20H,3-7,10-11,13H2,1-2H3. The maximum absolute atomic E-state index is 9.15. The highest BCUT2D eigenvalue weighted by atomic mass is 16.3. The Kier molecular flexibility index (Phi) is 5.86. The summed E-state index contributed by atoms with van der Waals surface area (Å²) in [6, 6.07) is 7.43. The van der Waals surface area contributed by atoms with Crippen LogP contribution in [0.5, 0.6) is 0 Å². The zero-order chi connectivity index (χ0) is 14.4. The minimum atomic E-state index is 0.275. The minimum Gasteiger partial charge on any atom is -0.396 e. The van der Waals surface area contributed by atoms with Crippen molar-refractivity contribution in [3.05, 3.63) is 29.3 Å². The Hall–Kier alpha value is -1.06. The fourth-order valence-corrected chi connectivity index (χ4v) is 2.83. The van der Waals surface area contributed by atoms with Crippen LogP contribution in [0.25, 0.3) is 0 Å². The van der Waals surface area contributed by atoms with Gasteiger partial charge in [0.2, 0.25) is 0 Å². The molecule has 20 heavy (non-hydrogen) atoms. The van der Waals surface area contributed by atoms with E-state index in [2.05, 4.69) is 42.3 Å². The van der Waals surface area contributed by atoms with Crippen molar-refractivity contribution in [1.82, 2.24) is 5.32 Å². The van der Waals surface area contributed by atoms with E-state index in [1.807, 2.05) is 0 Å². The predicted octanol–water partition coefficient (Wildman–Crippen LogP) is 2.85. The molecule has 1 aliphatic carbocycles. The Morgan fingerprint density at radius 1 is 1.35 bits per heavy atom. The predicted molar refractivity (Wildman–Crippen MR) is 85.2 cm³/mol. The molecule has 1 aliphatic rings. The van der Waals surface area contributed by atoms with Gasteiger partial charge in [-0.1, -0.05) is 24.6 Å². The maximum atomic E-state index is 9.15. The number of nitrogens with zero attached hydrogens (tertiary/aromatic N) is 1. The Morgan fingerprint density at radius 3 is 2.75 bits per heavy atom. The fraction of sp³-hybridized carbons (Fsp3) is 0.647. The first-order chi connectivity index (χ1) is 9.76. The Labute approximate surface area is 123 Å². The van der Waals surface area contributed by atoms with E-state index in [0.717, 1.165) is 26.1 Å². The normalized spacial score (nSPS) is 15.2. The molecule has 2 rings (SSSR count). The Bertz CT molecular complexity index is 415. The third-order valence-electron chi connectivity index (χ3n) is 4.18. The summed E-state index contributed by atoms with van der Waals surface area (Å²) in [5.74, 6) is 0. The highest BCUT2D eigenvalue weighted by Gasteiger charge is 2.26. The van der Waals surface area contributed by atoms with E-state index < -0.39 is 0 Å². The molecule has 0 amide bonds. The zero-order valence-corrected chi connectivity index (χ0v) is 12.9. The van der Waals surface area contributed by atoms with Crippen LogP contribution >= 0.6 is 0 Å². The van der Waals surface area contributed by atoms with Crippen molar-refractivity contribution in [2.45, 2.75) is 52.1 Å². The van der Waals surface area contributed by atoms with Crippen LogP contribution in [0.3, 0.4) is 0 Å². The van der Waals surface area contributed by atoms with Crippen molar-refractivity contribution in [3.8, 4) is 0 Å². The van der Waals surface area contributed by atoms with E-state index >= 15 is 0 Å². The van der Waals surface area contributed by atoms with Crippen molar-refractivity contribution in [3.63, 3.8) is 0 Å². The molecule has 2 N–H and O–H groups in total. The van der Waals surface area contributed by atoms with Crippen LogP contribution in [-0.2, 0) is 6.54 Å². The van der Waals surface area contributed by atoms with Gasteiger partial charge >= 0.3 is 0 Å². The number of aliphatic hydroxyl groups excluding tert-OH is 1. The van der Waals surface area contributed by atoms with Crippen molar-refractivity contribution in [1.29, 1.82) is 0 Å². The van der Waals surface area contributed by atoms with Crippen molar-refractivity contribution < 1.29 is 5.11 Å². The van der Waals surface area contributed by atoms with E-state index in [4.69, 9.17) is 5.11 Å². The van der Waals surface area contributed by atoms with Crippen LogP contribution in [0.2, 0.25) is 0 Å². The molecule has 112 valence electrons.